The zero-order chi connectivity index (χ0) is 12.9. The van der Waals surface area contributed by atoms with Gasteiger partial charge in [0.25, 0.3) is 0 Å². The van der Waals surface area contributed by atoms with Crippen molar-refractivity contribution in [3.8, 4) is 0 Å². The van der Waals surface area contributed by atoms with Crippen molar-refractivity contribution in [1.29, 1.82) is 0 Å². The van der Waals surface area contributed by atoms with E-state index in [4.69, 9.17) is 5.11 Å². The summed E-state index contributed by atoms with van der Waals surface area (Å²) in [4.78, 5) is 23.2. The Morgan fingerprint density at radius 1 is 1.53 bits per heavy atom. The van der Waals surface area contributed by atoms with E-state index in [9.17, 15) is 18.0 Å². The Labute approximate surface area is 102 Å². The first-order chi connectivity index (χ1) is 7.89. The first-order valence-electron chi connectivity index (χ1n) is 4.75. The van der Waals surface area contributed by atoms with E-state index in [1.54, 1.807) is 0 Å². The molecular weight excluding hydrogens is 268 g/mol. The summed E-state index contributed by atoms with van der Waals surface area (Å²) >= 11 is 0.953. The van der Waals surface area contributed by atoms with Gasteiger partial charge in [0.2, 0.25) is 10.0 Å². The normalized spacial score (nSPS) is 11.5. The molecule has 0 atom stereocenters. The third-order valence-corrected chi connectivity index (χ3v) is 3.99. The number of thiazole rings is 1. The van der Waals surface area contributed by atoms with Crippen molar-refractivity contribution in [2.75, 3.05) is 5.75 Å². The number of carboxylic acids is 1. The molecule has 0 spiro atoms. The highest BCUT2D eigenvalue weighted by Crippen LogP contribution is 1.99. The molecule has 3 N–H and O–H groups in total. The molecule has 96 valence electrons. The number of sulfonamides is 1. The summed E-state index contributed by atoms with van der Waals surface area (Å²) in [6.45, 7) is 0.00808. The van der Waals surface area contributed by atoms with Crippen LogP contribution in [0.3, 0.4) is 0 Å². The van der Waals surface area contributed by atoms with Gasteiger partial charge in [0.05, 0.1) is 12.3 Å². The fraction of sp³-hybridized carbons (Fsp3) is 0.500. The molecule has 0 saturated heterocycles. The first-order valence-corrected chi connectivity index (χ1v) is 7.28. The molecule has 1 heterocycles. The Morgan fingerprint density at radius 2 is 2.24 bits per heavy atom. The average molecular weight is 280 g/mol. The minimum Gasteiger partial charge on any atom is -0.481 e. The Bertz CT molecular complexity index is 530. The molecule has 0 saturated carbocycles. The first kappa shape index (κ1) is 13.9. The summed E-state index contributed by atoms with van der Waals surface area (Å²) < 4.78 is 25.1. The Balaban J connectivity index is 2.39. The summed E-state index contributed by atoms with van der Waals surface area (Å²) in [5.41, 5.74) is 0.488. The lowest BCUT2D eigenvalue weighted by Gasteiger charge is -2.04. The van der Waals surface area contributed by atoms with Crippen LogP contribution in [0.1, 0.15) is 18.5 Å². The van der Waals surface area contributed by atoms with Crippen LogP contribution >= 0.6 is 11.3 Å². The maximum atomic E-state index is 11.4. The van der Waals surface area contributed by atoms with Gasteiger partial charge in [-0.3, -0.25) is 9.59 Å². The standard InChI is InChI=1S/C8H12N2O5S2/c11-7(12)2-1-3-17(14,15)9-4-6-5-16-8(13)10-6/h5,9H,1-4H2,(H,10,13)(H,11,12). The maximum absolute atomic E-state index is 11.4. The Kier molecular flexibility index (Phi) is 4.85. The minimum atomic E-state index is -3.50. The summed E-state index contributed by atoms with van der Waals surface area (Å²) in [5.74, 6) is -1.27. The second-order valence-electron chi connectivity index (χ2n) is 3.31. The van der Waals surface area contributed by atoms with Gasteiger partial charge in [0.1, 0.15) is 0 Å². The van der Waals surface area contributed by atoms with E-state index >= 15 is 0 Å². The van der Waals surface area contributed by atoms with Gasteiger partial charge < -0.3 is 10.1 Å². The third kappa shape index (κ3) is 5.61. The van der Waals surface area contributed by atoms with E-state index in [-0.39, 0.29) is 30.0 Å². The minimum absolute atomic E-state index is 0.00808. The zero-order valence-electron chi connectivity index (χ0n) is 8.80. The van der Waals surface area contributed by atoms with Crippen LogP contribution in [0, 0.1) is 0 Å². The number of carbonyl (C=O) groups is 1. The van der Waals surface area contributed by atoms with Crippen molar-refractivity contribution in [3.05, 3.63) is 20.7 Å². The number of aliphatic carboxylic acids is 1. The Morgan fingerprint density at radius 3 is 2.76 bits per heavy atom. The number of hydrogen-bond donors (Lipinski definition) is 3. The highest BCUT2D eigenvalue weighted by molar-refractivity contribution is 7.89. The summed E-state index contributed by atoms with van der Waals surface area (Å²) in [6.07, 6.45) is -0.124. The van der Waals surface area contributed by atoms with Gasteiger partial charge in [0, 0.05) is 17.5 Å². The van der Waals surface area contributed by atoms with Crippen LogP contribution in [0.2, 0.25) is 0 Å². The summed E-state index contributed by atoms with van der Waals surface area (Å²) in [6, 6.07) is 0. The fourth-order valence-corrected chi connectivity index (χ4v) is 2.70. The van der Waals surface area contributed by atoms with Crippen LogP contribution in [0.5, 0.6) is 0 Å². The van der Waals surface area contributed by atoms with Gasteiger partial charge in [-0.25, -0.2) is 13.1 Å². The monoisotopic (exact) mass is 280 g/mol. The van der Waals surface area contributed by atoms with Crippen LogP contribution in [-0.4, -0.2) is 30.2 Å². The molecule has 0 radical (unpaired) electrons. The average Bonchev–Trinajstić information content (AvgIpc) is 2.61. The van der Waals surface area contributed by atoms with Crippen molar-refractivity contribution in [2.45, 2.75) is 19.4 Å². The van der Waals surface area contributed by atoms with Crippen molar-refractivity contribution < 1.29 is 18.3 Å². The van der Waals surface area contributed by atoms with E-state index in [1.807, 2.05) is 0 Å². The SMILES string of the molecule is O=C(O)CCCS(=O)(=O)NCc1csc(=O)[nH]1. The smallest absolute Gasteiger partial charge is 0.304 e. The van der Waals surface area contributed by atoms with Gasteiger partial charge in [-0.15, -0.1) is 0 Å². The number of H-pyrrole nitrogens is 1. The highest BCUT2D eigenvalue weighted by Gasteiger charge is 2.11. The van der Waals surface area contributed by atoms with Crippen molar-refractivity contribution in [3.63, 3.8) is 0 Å². The molecule has 0 aliphatic carbocycles. The molecule has 1 rings (SSSR count). The number of carboxylic acid groups (broad SMARTS) is 1. The van der Waals surface area contributed by atoms with E-state index in [0.717, 1.165) is 11.3 Å². The molecule has 0 amide bonds. The highest BCUT2D eigenvalue weighted by atomic mass is 32.2. The lowest BCUT2D eigenvalue weighted by molar-refractivity contribution is -0.137. The molecule has 17 heavy (non-hydrogen) atoms. The van der Waals surface area contributed by atoms with Crippen LogP contribution in [0.25, 0.3) is 0 Å². The van der Waals surface area contributed by atoms with E-state index in [1.165, 1.54) is 5.38 Å². The molecule has 7 nitrogen and oxygen atoms in total. The Hall–Kier alpha value is -1.19. The van der Waals surface area contributed by atoms with Gasteiger partial charge in [-0.1, -0.05) is 11.3 Å². The summed E-state index contributed by atoms with van der Waals surface area (Å²) in [7, 11) is -3.50. The van der Waals surface area contributed by atoms with Gasteiger partial charge in [-0.2, -0.15) is 0 Å². The number of nitrogens with one attached hydrogen (secondary N) is 2. The van der Waals surface area contributed by atoms with Crippen LogP contribution in [0.15, 0.2) is 10.2 Å². The molecule has 0 aliphatic rings. The molecule has 1 aromatic rings. The number of aromatic amines is 1. The molecule has 0 bridgehead atoms. The second kappa shape index (κ2) is 5.94. The van der Waals surface area contributed by atoms with Gasteiger partial charge in [-0.05, 0) is 6.42 Å². The third-order valence-electron chi connectivity index (χ3n) is 1.86. The lowest BCUT2D eigenvalue weighted by Crippen LogP contribution is -2.26. The van der Waals surface area contributed by atoms with Crippen LogP contribution in [-0.2, 0) is 21.4 Å². The van der Waals surface area contributed by atoms with Crippen LogP contribution in [0.4, 0.5) is 0 Å². The molecule has 0 unspecified atom stereocenters. The van der Waals surface area contributed by atoms with Crippen LogP contribution < -0.4 is 9.60 Å². The molecule has 0 fully saturated rings. The number of aromatic nitrogens is 1. The molecule has 0 aromatic carbocycles. The topological polar surface area (TPSA) is 116 Å². The van der Waals surface area contributed by atoms with Gasteiger partial charge in [0.15, 0.2) is 0 Å². The fourth-order valence-electron chi connectivity index (χ4n) is 1.07. The van der Waals surface area contributed by atoms with Crippen molar-refractivity contribution in [1.82, 2.24) is 9.71 Å². The largest absolute Gasteiger partial charge is 0.481 e. The number of rotatable bonds is 7. The summed E-state index contributed by atoms with van der Waals surface area (Å²) in [5, 5.41) is 9.90. The second-order valence-corrected chi connectivity index (χ2v) is 6.08. The molecule has 1 aromatic heterocycles. The molecule has 9 heteroatoms. The lowest BCUT2D eigenvalue weighted by atomic mass is 10.3. The van der Waals surface area contributed by atoms with Gasteiger partial charge >= 0.3 is 10.8 Å². The maximum Gasteiger partial charge on any atom is 0.304 e. The van der Waals surface area contributed by atoms with Crippen molar-refractivity contribution in [2.24, 2.45) is 0 Å². The quantitative estimate of drug-likeness (QED) is 0.635. The van der Waals surface area contributed by atoms with E-state index < -0.39 is 16.0 Å². The van der Waals surface area contributed by atoms with E-state index in [0.29, 0.717) is 5.69 Å². The van der Waals surface area contributed by atoms with E-state index in [2.05, 4.69) is 9.71 Å². The number of hydrogen-bond acceptors (Lipinski definition) is 5. The predicted molar refractivity (Wildman–Crippen MR) is 62.4 cm³/mol. The van der Waals surface area contributed by atoms with Crippen molar-refractivity contribution >= 4 is 27.3 Å². The molecule has 0 aliphatic heterocycles. The zero-order valence-corrected chi connectivity index (χ0v) is 10.4. The molecular formula is C8H12N2O5S2. The predicted octanol–water partition coefficient (Wildman–Crippen LogP) is -0.279.